The molecule has 0 bridgehead atoms. The highest BCUT2D eigenvalue weighted by Crippen LogP contribution is 2.43. The number of unbranched alkanes of at least 4 members (excludes halogenated alkanes) is 1. The number of aliphatic hydroxyl groups is 1. The summed E-state index contributed by atoms with van der Waals surface area (Å²) in [5, 5.41) is 19.7. The highest BCUT2D eigenvalue weighted by molar-refractivity contribution is 9.12. The van der Waals surface area contributed by atoms with Crippen molar-refractivity contribution in [2.24, 2.45) is 5.16 Å². The number of allylic oxidation sites excluding steroid dienone is 1. The van der Waals surface area contributed by atoms with E-state index in [1.807, 2.05) is 0 Å². The second kappa shape index (κ2) is 9.56. The van der Waals surface area contributed by atoms with Crippen molar-refractivity contribution in [3.8, 4) is 0 Å². The number of oxime groups is 1. The Kier molecular flexibility index (Phi) is 7.68. The van der Waals surface area contributed by atoms with Gasteiger partial charge in [-0.05, 0) is 50.8 Å². The Morgan fingerprint density at radius 1 is 1.33 bits per heavy atom. The SMILES string of the molecule is COC(=O)NCCCCNC(=O)C1=NOC2(C=C(Br)C(OC)=C(Br)C2O)C1. The summed E-state index contributed by atoms with van der Waals surface area (Å²) in [4.78, 5) is 28.6. The van der Waals surface area contributed by atoms with Crippen molar-refractivity contribution in [3.63, 3.8) is 0 Å². The van der Waals surface area contributed by atoms with Crippen LogP contribution >= 0.6 is 31.9 Å². The van der Waals surface area contributed by atoms with Crippen LogP contribution in [-0.4, -0.2) is 61.8 Å². The van der Waals surface area contributed by atoms with E-state index < -0.39 is 17.8 Å². The van der Waals surface area contributed by atoms with Gasteiger partial charge in [0.25, 0.3) is 5.91 Å². The van der Waals surface area contributed by atoms with E-state index in [1.165, 1.54) is 14.2 Å². The molecule has 0 fully saturated rings. The number of ether oxygens (including phenoxy) is 2. The highest BCUT2D eigenvalue weighted by atomic mass is 79.9. The van der Waals surface area contributed by atoms with E-state index >= 15 is 0 Å². The summed E-state index contributed by atoms with van der Waals surface area (Å²) in [7, 11) is 2.79. The maximum Gasteiger partial charge on any atom is 0.406 e. The van der Waals surface area contributed by atoms with Crippen molar-refractivity contribution in [2.45, 2.75) is 31.0 Å². The van der Waals surface area contributed by atoms with Crippen LogP contribution in [0.1, 0.15) is 19.3 Å². The molecule has 1 spiro atoms. The van der Waals surface area contributed by atoms with Gasteiger partial charge in [0.2, 0.25) is 0 Å². The molecule has 0 saturated heterocycles. The van der Waals surface area contributed by atoms with Gasteiger partial charge < -0.3 is 30.1 Å². The van der Waals surface area contributed by atoms with Gasteiger partial charge in [0.15, 0.2) is 5.60 Å². The van der Waals surface area contributed by atoms with Gasteiger partial charge in [0, 0.05) is 19.5 Å². The predicted octanol–water partition coefficient (Wildman–Crippen LogP) is 1.66. The fourth-order valence-electron chi connectivity index (χ4n) is 2.64. The molecule has 27 heavy (non-hydrogen) atoms. The number of rotatable bonds is 7. The van der Waals surface area contributed by atoms with Crippen LogP contribution in [0.5, 0.6) is 0 Å². The highest BCUT2D eigenvalue weighted by Gasteiger charge is 2.50. The second-order valence-electron chi connectivity index (χ2n) is 5.92. The maximum atomic E-state index is 12.3. The molecule has 2 rings (SSSR count). The smallest absolute Gasteiger partial charge is 0.406 e. The Balaban J connectivity index is 1.82. The molecule has 2 atom stereocenters. The van der Waals surface area contributed by atoms with E-state index in [0.717, 1.165) is 0 Å². The second-order valence-corrected chi connectivity index (χ2v) is 7.63. The lowest BCUT2D eigenvalue weighted by Crippen LogP contribution is -2.45. The van der Waals surface area contributed by atoms with Crippen molar-refractivity contribution in [1.29, 1.82) is 0 Å². The quantitative estimate of drug-likeness (QED) is 0.448. The summed E-state index contributed by atoms with van der Waals surface area (Å²) in [6.45, 7) is 0.885. The summed E-state index contributed by atoms with van der Waals surface area (Å²) in [5.41, 5.74) is -0.976. The van der Waals surface area contributed by atoms with E-state index in [9.17, 15) is 14.7 Å². The van der Waals surface area contributed by atoms with Crippen LogP contribution in [0.25, 0.3) is 0 Å². The molecule has 11 heteroatoms. The number of amides is 2. The number of carbonyl (C=O) groups is 2. The molecule has 0 saturated carbocycles. The Morgan fingerprint density at radius 2 is 2.00 bits per heavy atom. The first-order valence-electron chi connectivity index (χ1n) is 8.20. The number of alkyl carbamates (subject to hydrolysis) is 1. The minimum atomic E-state index is -1.17. The van der Waals surface area contributed by atoms with Crippen LogP contribution in [0.15, 0.2) is 26.0 Å². The largest absolute Gasteiger partial charge is 0.495 e. The minimum absolute atomic E-state index is 0.116. The summed E-state index contributed by atoms with van der Waals surface area (Å²) in [6, 6.07) is 0. The van der Waals surface area contributed by atoms with Crippen molar-refractivity contribution in [2.75, 3.05) is 27.3 Å². The molecule has 2 unspecified atom stereocenters. The van der Waals surface area contributed by atoms with E-state index in [2.05, 4.69) is 52.4 Å². The average molecular weight is 511 g/mol. The molecule has 0 aromatic rings. The summed E-state index contributed by atoms with van der Waals surface area (Å²) in [6.07, 6.45) is 1.58. The summed E-state index contributed by atoms with van der Waals surface area (Å²) >= 11 is 6.68. The first-order valence-corrected chi connectivity index (χ1v) is 9.78. The molecule has 9 nitrogen and oxygen atoms in total. The van der Waals surface area contributed by atoms with Crippen molar-refractivity contribution in [1.82, 2.24) is 10.6 Å². The molecule has 0 radical (unpaired) electrons. The molecular weight excluding hydrogens is 490 g/mol. The van der Waals surface area contributed by atoms with Gasteiger partial charge in [-0.3, -0.25) is 4.79 Å². The van der Waals surface area contributed by atoms with Gasteiger partial charge in [-0.1, -0.05) is 5.16 Å². The predicted molar refractivity (Wildman–Crippen MR) is 104 cm³/mol. The molecule has 2 amide bonds. The molecular formula is C16H21Br2N3O6. The molecule has 1 aliphatic heterocycles. The van der Waals surface area contributed by atoms with Gasteiger partial charge in [0.1, 0.15) is 17.6 Å². The van der Waals surface area contributed by atoms with Gasteiger partial charge in [-0.2, -0.15) is 0 Å². The average Bonchev–Trinajstić information content (AvgIpc) is 3.07. The monoisotopic (exact) mass is 509 g/mol. The molecule has 0 aromatic heterocycles. The molecule has 2 aliphatic rings. The number of hydrogen-bond donors (Lipinski definition) is 3. The Hall–Kier alpha value is -1.59. The first-order chi connectivity index (χ1) is 12.8. The lowest BCUT2D eigenvalue weighted by atomic mass is 9.87. The molecule has 0 aromatic carbocycles. The van der Waals surface area contributed by atoms with Crippen LogP contribution < -0.4 is 10.6 Å². The molecule has 3 N–H and O–H groups in total. The first kappa shape index (κ1) is 21.7. The number of carbonyl (C=O) groups excluding carboxylic acids is 2. The lowest BCUT2D eigenvalue weighted by molar-refractivity contribution is -0.114. The Labute approximate surface area is 173 Å². The number of nitrogens with zero attached hydrogens (tertiary/aromatic N) is 1. The van der Waals surface area contributed by atoms with Gasteiger partial charge in [-0.15, -0.1) is 0 Å². The van der Waals surface area contributed by atoms with Crippen LogP contribution in [0.4, 0.5) is 4.79 Å². The zero-order chi connectivity index (χ0) is 20.0. The van der Waals surface area contributed by atoms with E-state index in [1.54, 1.807) is 6.08 Å². The standard InChI is InChI=1S/C16H21Br2N3O6/c1-25-12-9(17)7-16(13(22)11(12)18)8-10(21-27-16)14(23)19-5-3-4-6-20-15(24)26-2/h7,13,22H,3-6,8H2,1-2H3,(H,19,23)(H,20,24). The number of nitrogens with one attached hydrogen (secondary N) is 2. The fourth-order valence-corrected chi connectivity index (χ4v) is 4.43. The number of halogens is 2. The van der Waals surface area contributed by atoms with Crippen LogP contribution in [0.3, 0.4) is 0 Å². The van der Waals surface area contributed by atoms with Crippen LogP contribution in [0, 0.1) is 0 Å². The van der Waals surface area contributed by atoms with Gasteiger partial charge >= 0.3 is 6.09 Å². The minimum Gasteiger partial charge on any atom is -0.495 e. The maximum absolute atomic E-state index is 12.3. The third-order valence-corrected chi connectivity index (χ3v) is 5.47. The Morgan fingerprint density at radius 3 is 2.63 bits per heavy atom. The van der Waals surface area contributed by atoms with Crippen LogP contribution in [0.2, 0.25) is 0 Å². The zero-order valence-electron chi connectivity index (χ0n) is 14.9. The van der Waals surface area contributed by atoms with Gasteiger partial charge in [0.05, 0.1) is 23.2 Å². The van der Waals surface area contributed by atoms with Gasteiger partial charge in [-0.25, -0.2) is 4.79 Å². The third-order valence-electron chi connectivity index (χ3n) is 4.09. The van der Waals surface area contributed by atoms with E-state index in [0.29, 0.717) is 40.7 Å². The number of aliphatic hydroxyl groups excluding tert-OH is 1. The van der Waals surface area contributed by atoms with Crippen molar-refractivity contribution < 1.29 is 29.0 Å². The molecule has 1 aliphatic carbocycles. The lowest BCUT2D eigenvalue weighted by Gasteiger charge is -2.33. The summed E-state index contributed by atoms with van der Waals surface area (Å²) < 4.78 is 10.7. The third kappa shape index (κ3) is 5.02. The topological polar surface area (TPSA) is 118 Å². The van der Waals surface area contributed by atoms with Crippen molar-refractivity contribution >= 4 is 49.6 Å². The molecule has 150 valence electrons. The zero-order valence-corrected chi connectivity index (χ0v) is 18.1. The fraction of sp³-hybridized carbons (Fsp3) is 0.562. The number of hydrogen-bond acceptors (Lipinski definition) is 7. The Bertz CT molecular complexity index is 694. The van der Waals surface area contributed by atoms with Crippen molar-refractivity contribution in [3.05, 3.63) is 20.8 Å². The molecule has 1 heterocycles. The van der Waals surface area contributed by atoms with E-state index in [4.69, 9.17) is 9.57 Å². The summed E-state index contributed by atoms with van der Waals surface area (Å²) in [5.74, 6) is 0.0948. The number of methoxy groups -OCH3 is 2. The normalized spacial score (nSPS) is 24.1. The van der Waals surface area contributed by atoms with E-state index in [-0.39, 0.29) is 18.0 Å². The van der Waals surface area contributed by atoms with Crippen LogP contribution in [-0.2, 0) is 19.1 Å².